The monoisotopic (exact) mass is 180 g/mol. The Labute approximate surface area is 77.2 Å². The molecule has 1 saturated carbocycles. The Bertz CT molecular complexity index is 298. The lowest BCUT2D eigenvalue weighted by atomic mass is 9.76. The van der Waals surface area contributed by atoms with Gasteiger partial charge in [-0.3, -0.25) is 0 Å². The van der Waals surface area contributed by atoms with Crippen molar-refractivity contribution in [1.82, 2.24) is 0 Å². The van der Waals surface area contributed by atoms with Gasteiger partial charge in [0.15, 0.2) is 0 Å². The van der Waals surface area contributed by atoms with Crippen molar-refractivity contribution >= 4 is 0 Å². The summed E-state index contributed by atoms with van der Waals surface area (Å²) in [6, 6.07) is 7.56. The van der Waals surface area contributed by atoms with E-state index in [0.29, 0.717) is 6.42 Å². The van der Waals surface area contributed by atoms with Gasteiger partial charge in [0.25, 0.3) is 0 Å². The molecule has 2 rings (SSSR count). The Kier molecular flexibility index (Phi) is 2.32. The number of aliphatic hydroxyl groups excluding tert-OH is 1. The number of alkyl halides is 1. The molecule has 0 aromatic heterocycles. The summed E-state index contributed by atoms with van der Waals surface area (Å²) < 4.78 is 13.1. The molecule has 13 heavy (non-hydrogen) atoms. The van der Waals surface area contributed by atoms with E-state index in [0.717, 1.165) is 17.5 Å². The van der Waals surface area contributed by atoms with Crippen LogP contribution in [0.15, 0.2) is 24.3 Å². The van der Waals surface area contributed by atoms with Gasteiger partial charge in [-0.15, -0.1) is 0 Å². The van der Waals surface area contributed by atoms with Crippen molar-refractivity contribution in [3.05, 3.63) is 35.4 Å². The minimum Gasteiger partial charge on any atom is -0.392 e. The second kappa shape index (κ2) is 3.46. The summed E-state index contributed by atoms with van der Waals surface area (Å²) in [4.78, 5) is 0. The number of hydrogen-bond acceptors (Lipinski definition) is 1. The average molecular weight is 180 g/mol. The molecule has 0 radical (unpaired) electrons. The summed E-state index contributed by atoms with van der Waals surface area (Å²) in [5, 5.41) is 9.05. The summed E-state index contributed by atoms with van der Waals surface area (Å²) >= 11 is 0. The molecule has 0 aliphatic heterocycles. The second-order valence-electron chi connectivity index (χ2n) is 3.56. The van der Waals surface area contributed by atoms with Crippen molar-refractivity contribution in [1.29, 1.82) is 0 Å². The van der Waals surface area contributed by atoms with Crippen molar-refractivity contribution in [3.8, 4) is 0 Å². The zero-order chi connectivity index (χ0) is 9.26. The van der Waals surface area contributed by atoms with Gasteiger partial charge >= 0.3 is 0 Å². The Balaban J connectivity index is 2.28. The van der Waals surface area contributed by atoms with Crippen LogP contribution in [0.5, 0.6) is 0 Å². The number of benzene rings is 1. The Hall–Kier alpha value is -0.890. The zero-order valence-corrected chi connectivity index (χ0v) is 7.41. The molecular weight excluding hydrogens is 167 g/mol. The molecule has 1 fully saturated rings. The van der Waals surface area contributed by atoms with Crippen LogP contribution in [0.1, 0.15) is 29.9 Å². The van der Waals surface area contributed by atoms with Crippen LogP contribution in [0.2, 0.25) is 0 Å². The van der Waals surface area contributed by atoms with E-state index >= 15 is 0 Å². The van der Waals surface area contributed by atoms with E-state index in [-0.39, 0.29) is 12.5 Å². The van der Waals surface area contributed by atoms with E-state index in [9.17, 15) is 4.39 Å². The van der Waals surface area contributed by atoms with Gasteiger partial charge in [0.1, 0.15) is 6.17 Å². The summed E-state index contributed by atoms with van der Waals surface area (Å²) in [6.45, 7) is 0.0133. The summed E-state index contributed by atoms with van der Waals surface area (Å²) in [5.74, 6) is 0.0309. The molecule has 2 heteroatoms. The highest BCUT2D eigenvalue weighted by Gasteiger charge is 2.32. The van der Waals surface area contributed by atoms with Crippen molar-refractivity contribution in [3.63, 3.8) is 0 Å². The fourth-order valence-corrected chi connectivity index (χ4v) is 1.85. The van der Waals surface area contributed by atoms with Gasteiger partial charge in [-0.1, -0.05) is 24.3 Å². The smallest absolute Gasteiger partial charge is 0.107 e. The molecule has 2 atom stereocenters. The number of hydrogen-bond donors (Lipinski definition) is 1. The molecule has 0 amide bonds. The van der Waals surface area contributed by atoms with Crippen molar-refractivity contribution in [2.45, 2.75) is 31.5 Å². The molecule has 1 aromatic carbocycles. The molecule has 1 N–H and O–H groups in total. The standard InChI is InChI=1S/C11H13FO/c12-11-6-5-10(11)9-4-2-1-3-8(9)7-13/h1-4,10-11,13H,5-7H2. The van der Waals surface area contributed by atoms with Crippen LogP contribution in [-0.4, -0.2) is 11.3 Å². The molecule has 0 heterocycles. The number of aliphatic hydroxyl groups is 1. The lowest BCUT2D eigenvalue weighted by Gasteiger charge is -2.32. The SMILES string of the molecule is OCc1ccccc1C1CCC1F. The van der Waals surface area contributed by atoms with E-state index in [1.165, 1.54) is 0 Å². The first-order chi connectivity index (χ1) is 6.33. The molecule has 1 nitrogen and oxygen atoms in total. The predicted octanol–water partition coefficient (Wildman–Crippen LogP) is 2.39. The highest BCUT2D eigenvalue weighted by Crippen LogP contribution is 2.40. The largest absolute Gasteiger partial charge is 0.392 e. The molecule has 0 spiro atoms. The van der Waals surface area contributed by atoms with E-state index in [1.807, 2.05) is 24.3 Å². The molecule has 70 valence electrons. The number of rotatable bonds is 2. The Morgan fingerprint density at radius 1 is 1.31 bits per heavy atom. The first-order valence-corrected chi connectivity index (χ1v) is 4.65. The van der Waals surface area contributed by atoms with Crippen molar-refractivity contribution in [2.75, 3.05) is 0 Å². The third-order valence-corrected chi connectivity index (χ3v) is 2.81. The van der Waals surface area contributed by atoms with Gasteiger partial charge in [0, 0.05) is 5.92 Å². The van der Waals surface area contributed by atoms with Gasteiger partial charge < -0.3 is 5.11 Å². The average Bonchev–Trinajstić information content (AvgIpc) is 2.16. The maximum Gasteiger partial charge on any atom is 0.107 e. The lowest BCUT2D eigenvalue weighted by molar-refractivity contribution is 0.167. The van der Waals surface area contributed by atoms with Gasteiger partial charge in [-0.2, -0.15) is 0 Å². The summed E-state index contributed by atoms with van der Waals surface area (Å²) in [5.41, 5.74) is 1.86. The first kappa shape index (κ1) is 8.70. The quantitative estimate of drug-likeness (QED) is 0.741. The fraction of sp³-hybridized carbons (Fsp3) is 0.455. The van der Waals surface area contributed by atoms with Gasteiger partial charge in [-0.05, 0) is 24.0 Å². The predicted molar refractivity (Wildman–Crippen MR) is 49.2 cm³/mol. The summed E-state index contributed by atoms with van der Waals surface area (Å²) in [6.07, 6.45) is 0.885. The molecular formula is C11H13FO. The molecule has 0 saturated heterocycles. The lowest BCUT2D eigenvalue weighted by Crippen LogP contribution is -2.25. The molecule has 1 aliphatic carbocycles. The molecule has 1 aliphatic rings. The maximum atomic E-state index is 13.1. The normalized spacial score (nSPS) is 26.9. The van der Waals surface area contributed by atoms with Crippen LogP contribution in [0.3, 0.4) is 0 Å². The van der Waals surface area contributed by atoms with Gasteiger partial charge in [0.05, 0.1) is 6.61 Å². The van der Waals surface area contributed by atoms with Crippen LogP contribution in [0, 0.1) is 0 Å². The second-order valence-corrected chi connectivity index (χ2v) is 3.56. The van der Waals surface area contributed by atoms with Crippen LogP contribution in [0.25, 0.3) is 0 Å². The van der Waals surface area contributed by atoms with Gasteiger partial charge in [0.2, 0.25) is 0 Å². The van der Waals surface area contributed by atoms with Gasteiger partial charge in [-0.25, -0.2) is 4.39 Å². The molecule has 1 aromatic rings. The maximum absolute atomic E-state index is 13.1. The van der Waals surface area contributed by atoms with E-state index in [1.54, 1.807) is 0 Å². The summed E-state index contributed by atoms with van der Waals surface area (Å²) in [7, 11) is 0. The van der Waals surface area contributed by atoms with Crippen LogP contribution in [-0.2, 0) is 6.61 Å². The van der Waals surface area contributed by atoms with Crippen molar-refractivity contribution in [2.24, 2.45) is 0 Å². The highest BCUT2D eigenvalue weighted by molar-refractivity contribution is 5.32. The fourth-order valence-electron chi connectivity index (χ4n) is 1.85. The minimum absolute atomic E-state index is 0.0133. The topological polar surface area (TPSA) is 20.2 Å². The van der Waals surface area contributed by atoms with E-state index < -0.39 is 6.17 Å². The molecule has 0 bridgehead atoms. The Morgan fingerprint density at radius 3 is 2.62 bits per heavy atom. The van der Waals surface area contributed by atoms with E-state index in [2.05, 4.69) is 0 Å². The molecule has 2 unspecified atom stereocenters. The zero-order valence-electron chi connectivity index (χ0n) is 7.41. The first-order valence-electron chi connectivity index (χ1n) is 4.65. The highest BCUT2D eigenvalue weighted by atomic mass is 19.1. The number of halogens is 1. The Morgan fingerprint density at radius 2 is 2.08 bits per heavy atom. The minimum atomic E-state index is -0.701. The van der Waals surface area contributed by atoms with Crippen LogP contribution >= 0.6 is 0 Å². The van der Waals surface area contributed by atoms with Crippen molar-refractivity contribution < 1.29 is 9.50 Å². The van der Waals surface area contributed by atoms with Crippen LogP contribution in [0.4, 0.5) is 4.39 Å². The third-order valence-electron chi connectivity index (χ3n) is 2.81. The third kappa shape index (κ3) is 1.46. The van der Waals surface area contributed by atoms with E-state index in [4.69, 9.17) is 5.11 Å². The van der Waals surface area contributed by atoms with Crippen LogP contribution < -0.4 is 0 Å².